The topological polar surface area (TPSA) is 133 Å². The van der Waals surface area contributed by atoms with E-state index in [9.17, 15) is 18.4 Å². The minimum atomic E-state index is -2.75. The Balaban J connectivity index is 0.000000343. The zero-order chi connectivity index (χ0) is 30.5. The minimum absolute atomic E-state index is 0.0387. The first-order chi connectivity index (χ1) is 19.9. The number of amides is 2. The van der Waals surface area contributed by atoms with Crippen molar-refractivity contribution in [2.24, 2.45) is 0 Å². The Labute approximate surface area is 248 Å². The molecule has 4 heterocycles. The van der Waals surface area contributed by atoms with E-state index in [1.165, 1.54) is 21.1 Å². The maximum absolute atomic E-state index is 13.5. The molecule has 2 fully saturated rings. The van der Waals surface area contributed by atoms with Gasteiger partial charge >= 0.3 is 0 Å². The van der Waals surface area contributed by atoms with E-state index in [2.05, 4.69) is 46.4 Å². The molecule has 2 saturated heterocycles. The van der Waals surface area contributed by atoms with Gasteiger partial charge in [0, 0.05) is 42.2 Å². The second-order valence-corrected chi connectivity index (χ2v) is 12.5. The number of halogens is 2. The molecule has 1 atom stereocenters. The molecule has 42 heavy (non-hydrogen) atoms. The van der Waals surface area contributed by atoms with Gasteiger partial charge in [0.2, 0.25) is 17.8 Å². The lowest BCUT2D eigenvalue weighted by Gasteiger charge is -2.35. The number of likely N-dealkylation sites (tertiary alicyclic amines) is 2. The summed E-state index contributed by atoms with van der Waals surface area (Å²) in [7, 11) is 0. The summed E-state index contributed by atoms with van der Waals surface area (Å²) >= 11 is 1.34. The van der Waals surface area contributed by atoms with Crippen LogP contribution in [0.2, 0.25) is 0 Å². The van der Waals surface area contributed by atoms with E-state index >= 15 is 0 Å². The summed E-state index contributed by atoms with van der Waals surface area (Å²) in [6, 6.07) is 8.91. The maximum Gasteiger partial charge on any atom is 0.261 e. The van der Waals surface area contributed by atoms with Crippen molar-refractivity contribution < 1.29 is 18.4 Å². The molecule has 2 amide bonds. The van der Waals surface area contributed by atoms with Crippen molar-refractivity contribution in [1.82, 2.24) is 34.8 Å². The summed E-state index contributed by atoms with van der Waals surface area (Å²) in [6.07, 6.45) is 1.88. The number of carbonyl (C=O) groups is 2. The van der Waals surface area contributed by atoms with E-state index in [0.29, 0.717) is 30.5 Å². The van der Waals surface area contributed by atoms with Crippen LogP contribution < -0.4 is 5.32 Å². The lowest BCUT2D eigenvalue weighted by Crippen LogP contribution is -2.52. The number of hydrogen-bond acceptors (Lipinski definition) is 8. The number of aryl methyl sites for hydroxylation is 1. The van der Waals surface area contributed by atoms with Gasteiger partial charge in [0.05, 0.1) is 18.1 Å². The third-order valence-electron chi connectivity index (χ3n) is 7.04. The van der Waals surface area contributed by atoms with Crippen molar-refractivity contribution >= 4 is 34.2 Å². The highest BCUT2D eigenvalue weighted by Gasteiger charge is 2.40. The van der Waals surface area contributed by atoms with Crippen LogP contribution in [0.3, 0.4) is 0 Å². The van der Waals surface area contributed by atoms with Crippen LogP contribution in [0.15, 0.2) is 30.3 Å². The summed E-state index contributed by atoms with van der Waals surface area (Å²) in [5.41, 5.74) is 8.07. The fourth-order valence-corrected chi connectivity index (χ4v) is 5.52. The predicted molar refractivity (Wildman–Crippen MR) is 158 cm³/mol. The molecule has 2 aliphatic rings. The van der Waals surface area contributed by atoms with E-state index in [0.717, 1.165) is 23.4 Å². The molecule has 11 nitrogen and oxygen atoms in total. The van der Waals surface area contributed by atoms with Gasteiger partial charge in [0.1, 0.15) is 6.04 Å². The van der Waals surface area contributed by atoms with Gasteiger partial charge in [-0.1, -0.05) is 51.1 Å². The number of hydrogen-bond donors (Lipinski definition) is 1. The molecule has 2 N–H and O–H groups in total. The molecule has 1 aromatic carbocycles. The zero-order valence-electron chi connectivity index (χ0n) is 24.4. The summed E-state index contributed by atoms with van der Waals surface area (Å²) in [4.78, 5) is 33.3. The van der Waals surface area contributed by atoms with Gasteiger partial charge in [-0.15, -0.1) is 16.4 Å². The Morgan fingerprint density at radius 1 is 1.14 bits per heavy atom. The van der Waals surface area contributed by atoms with Gasteiger partial charge in [0.25, 0.3) is 5.92 Å². The lowest BCUT2D eigenvalue weighted by molar-refractivity contribution is -0.141. The SMILES string of the molecule is CC(C)(C)c1nnc([NH-])s1.CCn1nc(NC(=O)[C@@H]2CCCCN2C(=O)CN2CCC(F)(F)C2)nc1-c1ccccc1. The Hall–Kier alpha value is -3.52. The molecule has 2 aromatic heterocycles. The van der Waals surface area contributed by atoms with Crippen LogP contribution in [0.25, 0.3) is 17.1 Å². The van der Waals surface area contributed by atoms with E-state index in [1.54, 1.807) is 4.68 Å². The van der Waals surface area contributed by atoms with Crippen molar-refractivity contribution in [3.8, 4) is 11.4 Å². The number of nitrogens with one attached hydrogen (secondary N) is 2. The number of nitrogens with zero attached hydrogens (tertiary/aromatic N) is 7. The summed E-state index contributed by atoms with van der Waals surface area (Å²) in [6.45, 7) is 8.83. The Morgan fingerprint density at radius 2 is 1.88 bits per heavy atom. The van der Waals surface area contributed by atoms with Crippen molar-refractivity contribution in [2.75, 3.05) is 31.5 Å². The number of anilines is 1. The molecular weight excluding hydrogens is 564 g/mol. The molecule has 5 rings (SSSR count). The van der Waals surface area contributed by atoms with Crippen molar-refractivity contribution in [2.45, 2.75) is 77.3 Å². The number of rotatable bonds is 6. The number of alkyl halides is 2. The van der Waals surface area contributed by atoms with Crippen molar-refractivity contribution in [1.29, 1.82) is 0 Å². The van der Waals surface area contributed by atoms with Gasteiger partial charge in [-0.3, -0.25) is 24.9 Å². The van der Waals surface area contributed by atoms with E-state index < -0.39 is 18.5 Å². The average Bonchev–Trinajstić information content (AvgIpc) is 3.67. The summed E-state index contributed by atoms with van der Waals surface area (Å²) in [5.74, 6) is -2.56. The fourth-order valence-electron chi connectivity index (χ4n) is 4.86. The highest BCUT2D eigenvalue weighted by atomic mass is 32.1. The quantitative estimate of drug-likeness (QED) is 0.413. The van der Waals surface area contributed by atoms with Crippen LogP contribution in [-0.2, 0) is 21.5 Å². The molecule has 0 saturated carbocycles. The summed E-state index contributed by atoms with van der Waals surface area (Å²) in [5, 5.41) is 15.9. The van der Waals surface area contributed by atoms with E-state index in [4.69, 9.17) is 5.73 Å². The second kappa shape index (κ2) is 13.2. The Bertz CT molecular complexity index is 1360. The normalized spacial score (nSPS) is 18.8. The third kappa shape index (κ3) is 8.06. The second-order valence-electron chi connectivity index (χ2n) is 11.5. The van der Waals surface area contributed by atoms with Gasteiger partial charge in [-0.2, -0.15) is 4.98 Å². The molecular formula is C28H38F2N9O2S-. The van der Waals surface area contributed by atoms with E-state index in [1.807, 2.05) is 37.3 Å². The molecule has 0 radical (unpaired) electrons. The highest BCUT2D eigenvalue weighted by Crippen LogP contribution is 2.29. The van der Waals surface area contributed by atoms with Crippen LogP contribution in [0.4, 0.5) is 19.9 Å². The average molecular weight is 603 g/mol. The smallest absolute Gasteiger partial charge is 0.261 e. The first-order valence-electron chi connectivity index (χ1n) is 14.1. The minimum Gasteiger partial charge on any atom is -0.472 e. The van der Waals surface area contributed by atoms with Crippen molar-refractivity contribution in [3.05, 3.63) is 41.1 Å². The first-order valence-corrected chi connectivity index (χ1v) is 14.9. The molecule has 3 aromatic rings. The van der Waals surface area contributed by atoms with Crippen molar-refractivity contribution in [3.63, 3.8) is 0 Å². The van der Waals surface area contributed by atoms with Crippen LogP contribution in [0.1, 0.15) is 58.4 Å². The summed E-state index contributed by atoms with van der Waals surface area (Å²) < 4.78 is 28.7. The Morgan fingerprint density at radius 3 is 2.45 bits per heavy atom. The lowest BCUT2D eigenvalue weighted by atomic mass is 9.98. The maximum atomic E-state index is 13.5. The molecule has 0 aliphatic carbocycles. The molecule has 2 aliphatic heterocycles. The standard InChI is InChI=1S/C22H28F2N6O2.C6H10N3S/c1-2-30-19(16-8-4-3-5-9-16)25-21(27-30)26-20(32)17-10-6-7-12-29(17)18(31)14-28-13-11-22(23,24)15-28;1-6(2,3)4-8-9-5(7)10-4/h3-5,8-9,17H,2,6-7,10-15H2,1H3,(H,26,27,32);1-3H3,(H-,7,9)/q;-1/t17-;/m0./s1. The number of piperidine rings is 1. The largest absolute Gasteiger partial charge is 0.472 e. The monoisotopic (exact) mass is 602 g/mol. The fraction of sp³-hybridized carbons (Fsp3) is 0.571. The van der Waals surface area contributed by atoms with Gasteiger partial charge < -0.3 is 15.7 Å². The molecule has 0 bridgehead atoms. The van der Waals surface area contributed by atoms with E-state index in [-0.39, 0.29) is 42.7 Å². The molecule has 0 unspecified atom stereocenters. The van der Waals surface area contributed by atoms with Crippen LogP contribution in [0.5, 0.6) is 0 Å². The predicted octanol–water partition coefficient (Wildman–Crippen LogP) is 5.14. The number of benzene rings is 1. The van der Waals surface area contributed by atoms with Gasteiger partial charge in [0.15, 0.2) is 5.82 Å². The molecule has 228 valence electrons. The van der Waals surface area contributed by atoms with Crippen LogP contribution >= 0.6 is 11.3 Å². The zero-order valence-corrected chi connectivity index (χ0v) is 25.3. The first kappa shape index (κ1) is 31.4. The molecule has 14 heteroatoms. The van der Waals surface area contributed by atoms with Crippen LogP contribution in [0, 0.1) is 0 Å². The number of carbonyl (C=O) groups excluding carboxylic acids is 2. The third-order valence-corrected chi connectivity index (χ3v) is 8.20. The van der Waals surface area contributed by atoms with Crippen LogP contribution in [-0.4, -0.2) is 84.7 Å². The molecule has 0 spiro atoms. The van der Waals surface area contributed by atoms with Gasteiger partial charge in [-0.05, 0) is 26.2 Å². The number of aromatic nitrogens is 5. The highest BCUT2D eigenvalue weighted by molar-refractivity contribution is 7.15. The van der Waals surface area contributed by atoms with Gasteiger partial charge in [-0.25, -0.2) is 13.5 Å². The Kier molecular flexibility index (Phi) is 9.87.